The molecule has 0 fully saturated rings. The van der Waals surface area contributed by atoms with E-state index in [0.717, 1.165) is 15.0 Å². The third-order valence-corrected chi connectivity index (χ3v) is 9.55. The number of fused-ring (bicyclic) bond motifs is 1. The summed E-state index contributed by atoms with van der Waals surface area (Å²) < 4.78 is 30.6. The van der Waals surface area contributed by atoms with E-state index in [0.29, 0.717) is 21.9 Å². The highest BCUT2D eigenvalue weighted by atomic mass is 35.5. The van der Waals surface area contributed by atoms with Crippen LogP contribution in [-0.4, -0.2) is 25.6 Å². The molecular weight excluding hydrogens is 500 g/mol. The van der Waals surface area contributed by atoms with Crippen molar-refractivity contribution in [2.75, 3.05) is 11.6 Å². The first kappa shape index (κ1) is 23.7. The van der Waals surface area contributed by atoms with E-state index in [1.807, 2.05) is 42.6 Å². The molecule has 3 aromatic heterocycles. The molecule has 0 radical (unpaired) electrons. The van der Waals surface area contributed by atoms with Crippen LogP contribution in [0.5, 0.6) is 11.6 Å². The maximum absolute atomic E-state index is 13.4. The summed E-state index contributed by atoms with van der Waals surface area (Å²) in [5, 5.41) is 5.58. The molecule has 4 rings (SSSR count). The van der Waals surface area contributed by atoms with E-state index in [-0.39, 0.29) is 11.0 Å². The summed E-state index contributed by atoms with van der Waals surface area (Å²) in [5.41, 5.74) is 0.871. The van der Waals surface area contributed by atoms with E-state index >= 15 is 0 Å². The first-order valence-electron chi connectivity index (χ1n) is 9.89. The Kier molecular flexibility index (Phi) is 6.26. The van der Waals surface area contributed by atoms with Crippen molar-refractivity contribution in [3.8, 4) is 11.6 Å². The van der Waals surface area contributed by atoms with Gasteiger partial charge < -0.3 is 10.1 Å². The Morgan fingerprint density at radius 3 is 2.58 bits per heavy atom. The molecule has 0 aliphatic carbocycles. The average molecular weight is 521 g/mol. The standard InChI is InChI=1S/C23H21ClN2O4S3/c1-13-9-15(12-31-13)30-19-11-14(10-18(24)26-19)25-22(27)21-20(23(2,3)33(4,28)29)16-7-5-6-8-17(16)32-21/h5-12H,1-4H3,(H,25,26,27). The second-order valence-electron chi connectivity index (χ2n) is 8.05. The zero-order chi connectivity index (χ0) is 24.0. The fraction of sp³-hybridized carbons (Fsp3) is 0.217. The minimum Gasteiger partial charge on any atom is -0.438 e. The number of ether oxygens (including phenoxy) is 1. The molecule has 0 aliphatic rings. The van der Waals surface area contributed by atoms with Gasteiger partial charge in [0.15, 0.2) is 9.84 Å². The number of nitrogens with one attached hydrogen (secondary N) is 1. The SMILES string of the molecule is Cc1cc(Oc2cc(NC(=O)c3sc4ccccc4c3C(C)(C)S(C)(=O)=O)cc(Cl)n2)cs1. The monoisotopic (exact) mass is 520 g/mol. The van der Waals surface area contributed by atoms with Crippen molar-refractivity contribution in [3.63, 3.8) is 0 Å². The highest BCUT2D eigenvalue weighted by molar-refractivity contribution is 7.91. The number of rotatable bonds is 6. The number of nitrogens with zero attached hydrogens (tertiary/aromatic N) is 1. The average Bonchev–Trinajstić information content (AvgIpc) is 3.30. The summed E-state index contributed by atoms with van der Waals surface area (Å²) in [6.45, 7) is 5.20. The minimum atomic E-state index is -3.52. The van der Waals surface area contributed by atoms with Gasteiger partial charge in [-0.15, -0.1) is 22.7 Å². The summed E-state index contributed by atoms with van der Waals surface area (Å²) in [6, 6.07) is 12.4. The fourth-order valence-corrected chi connectivity index (χ4v) is 6.08. The van der Waals surface area contributed by atoms with Crippen LogP contribution < -0.4 is 10.1 Å². The van der Waals surface area contributed by atoms with Gasteiger partial charge in [-0.1, -0.05) is 29.8 Å². The normalized spacial score (nSPS) is 12.2. The lowest BCUT2D eigenvalue weighted by Crippen LogP contribution is -2.30. The maximum Gasteiger partial charge on any atom is 0.266 e. The number of aryl methyl sites for hydroxylation is 1. The van der Waals surface area contributed by atoms with Gasteiger partial charge in [-0.2, -0.15) is 0 Å². The van der Waals surface area contributed by atoms with E-state index < -0.39 is 20.5 Å². The highest BCUT2D eigenvalue weighted by Gasteiger charge is 2.38. The molecule has 172 valence electrons. The van der Waals surface area contributed by atoms with E-state index in [1.165, 1.54) is 23.7 Å². The number of halogens is 1. The highest BCUT2D eigenvalue weighted by Crippen LogP contribution is 2.42. The Hall–Kier alpha value is -2.46. The number of pyridine rings is 1. The Morgan fingerprint density at radius 1 is 1.18 bits per heavy atom. The number of amides is 1. The largest absolute Gasteiger partial charge is 0.438 e. The van der Waals surface area contributed by atoms with Gasteiger partial charge in [-0.3, -0.25) is 4.79 Å². The number of aromatic nitrogens is 1. The summed E-state index contributed by atoms with van der Waals surface area (Å²) in [7, 11) is -3.52. The Labute approximate surface area is 205 Å². The predicted octanol–water partition coefficient (Wildman–Crippen LogP) is 6.64. The molecule has 4 aromatic rings. The van der Waals surface area contributed by atoms with Crippen LogP contribution in [0.25, 0.3) is 10.1 Å². The molecule has 1 aromatic carbocycles. The molecule has 0 aliphatic heterocycles. The maximum atomic E-state index is 13.4. The molecular formula is C23H21ClN2O4S3. The molecule has 0 saturated heterocycles. The third kappa shape index (κ3) is 4.77. The van der Waals surface area contributed by atoms with Crippen LogP contribution in [-0.2, 0) is 14.6 Å². The molecule has 3 heterocycles. The second kappa shape index (κ2) is 8.72. The molecule has 1 amide bonds. The lowest BCUT2D eigenvalue weighted by molar-refractivity contribution is 0.102. The summed E-state index contributed by atoms with van der Waals surface area (Å²) in [4.78, 5) is 18.9. The molecule has 33 heavy (non-hydrogen) atoms. The number of thiophene rings is 2. The van der Waals surface area contributed by atoms with E-state index in [9.17, 15) is 13.2 Å². The Bertz CT molecular complexity index is 1470. The fourth-order valence-electron chi connectivity index (χ4n) is 3.37. The van der Waals surface area contributed by atoms with Crippen LogP contribution >= 0.6 is 34.3 Å². The van der Waals surface area contributed by atoms with Crippen LogP contribution in [0.3, 0.4) is 0 Å². The van der Waals surface area contributed by atoms with Gasteiger partial charge in [0.2, 0.25) is 5.88 Å². The minimum absolute atomic E-state index is 0.155. The number of benzene rings is 1. The zero-order valence-corrected chi connectivity index (χ0v) is 21.5. The molecule has 0 spiro atoms. The number of anilines is 1. The summed E-state index contributed by atoms with van der Waals surface area (Å²) in [5.74, 6) is 0.442. The van der Waals surface area contributed by atoms with Crippen molar-refractivity contribution in [1.29, 1.82) is 0 Å². The van der Waals surface area contributed by atoms with Crippen molar-refractivity contribution in [3.05, 3.63) is 68.3 Å². The third-order valence-electron chi connectivity index (χ3n) is 5.29. The quantitative estimate of drug-likeness (QED) is 0.288. The van der Waals surface area contributed by atoms with Gasteiger partial charge in [0.25, 0.3) is 5.91 Å². The van der Waals surface area contributed by atoms with Crippen LogP contribution in [0.4, 0.5) is 5.69 Å². The number of carbonyl (C=O) groups is 1. The van der Waals surface area contributed by atoms with Gasteiger partial charge in [0.05, 0.1) is 9.62 Å². The zero-order valence-electron chi connectivity index (χ0n) is 18.3. The van der Waals surface area contributed by atoms with Crippen molar-refractivity contribution in [2.24, 2.45) is 0 Å². The second-order valence-corrected chi connectivity index (χ2v) is 13.2. The molecule has 0 saturated carbocycles. The number of carbonyl (C=O) groups excluding carboxylic acids is 1. The molecule has 0 unspecified atom stereocenters. The molecule has 10 heteroatoms. The van der Waals surface area contributed by atoms with Crippen LogP contribution in [0.2, 0.25) is 5.15 Å². The Balaban J connectivity index is 1.72. The summed E-state index contributed by atoms with van der Waals surface area (Å²) in [6.07, 6.45) is 1.18. The summed E-state index contributed by atoms with van der Waals surface area (Å²) >= 11 is 8.96. The van der Waals surface area contributed by atoms with Crippen LogP contribution in [0.1, 0.15) is 34.0 Å². The van der Waals surface area contributed by atoms with Crippen molar-refractivity contribution >= 4 is 65.8 Å². The van der Waals surface area contributed by atoms with E-state index in [2.05, 4.69) is 10.3 Å². The van der Waals surface area contributed by atoms with Crippen LogP contribution in [0.15, 0.2) is 47.8 Å². The molecule has 0 atom stereocenters. The van der Waals surface area contributed by atoms with Crippen molar-refractivity contribution < 1.29 is 17.9 Å². The lowest BCUT2D eigenvalue weighted by atomic mass is 9.98. The number of hydrogen-bond acceptors (Lipinski definition) is 7. The van der Waals surface area contributed by atoms with Gasteiger partial charge in [0, 0.05) is 38.5 Å². The van der Waals surface area contributed by atoms with Crippen LogP contribution in [0, 0.1) is 6.92 Å². The van der Waals surface area contributed by atoms with Gasteiger partial charge in [-0.05, 0) is 44.4 Å². The van der Waals surface area contributed by atoms with Gasteiger partial charge in [0.1, 0.15) is 10.9 Å². The van der Waals surface area contributed by atoms with E-state index in [1.54, 1.807) is 31.3 Å². The molecule has 0 bridgehead atoms. The number of hydrogen-bond donors (Lipinski definition) is 1. The van der Waals surface area contributed by atoms with Gasteiger partial charge in [-0.25, -0.2) is 13.4 Å². The van der Waals surface area contributed by atoms with E-state index in [4.69, 9.17) is 16.3 Å². The smallest absolute Gasteiger partial charge is 0.266 e. The Morgan fingerprint density at radius 2 is 1.91 bits per heavy atom. The van der Waals surface area contributed by atoms with Gasteiger partial charge >= 0.3 is 0 Å². The first-order chi connectivity index (χ1) is 15.5. The van der Waals surface area contributed by atoms with Crippen molar-refractivity contribution in [1.82, 2.24) is 4.98 Å². The number of sulfone groups is 1. The predicted molar refractivity (Wildman–Crippen MR) is 136 cm³/mol. The molecule has 6 nitrogen and oxygen atoms in total. The van der Waals surface area contributed by atoms with Crippen molar-refractivity contribution in [2.45, 2.75) is 25.5 Å². The molecule has 1 N–H and O–H groups in total. The topological polar surface area (TPSA) is 85.4 Å². The lowest BCUT2D eigenvalue weighted by Gasteiger charge is -2.24. The first-order valence-corrected chi connectivity index (χ1v) is 13.9.